The molecule has 0 bridgehead atoms. The van der Waals surface area contributed by atoms with E-state index >= 15 is 0 Å². The molecule has 0 aliphatic heterocycles. The highest BCUT2D eigenvalue weighted by Crippen LogP contribution is 2.18. The van der Waals surface area contributed by atoms with Crippen LogP contribution in [0.5, 0.6) is 0 Å². The molecule has 0 spiro atoms. The predicted octanol–water partition coefficient (Wildman–Crippen LogP) is 3.64. The smallest absolute Gasteiger partial charge is 0.258 e. The van der Waals surface area contributed by atoms with E-state index in [1.165, 1.54) is 12.1 Å². The molecule has 2 aromatic rings. The van der Waals surface area contributed by atoms with Gasteiger partial charge < -0.3 is 9.64 Å². The summed E-state index contributed by atoms with van der Waals surface area (Å²) in [6, 6.07) is 13.3. The van der Waals surface area contributed by atoms with Crippen LogP contribution in [0.15, 0.2) is 48.5 Å². The molecule has 0 N–H and O–H groups in total. The third-order valence-corrected chi connectivity index (χ3v) is 3.18. The average molecular weight is 287 g/mol. The molecular weight excluding hydrogens is 269 g/mol. The fourth-order valence-electron chi connectivity index (χ4n) is 2.18. The molecule has 1 amide bonds. The molecule has 0 unspecified atom stereocenters. The van der Waals surface area contributed by atoms with Crippen molar-refractivity contribution in [2.24, 2.45) is 0 Å². The van der Waals surface area contributed by atoms with Crippen LogP contribution in [0, 0.1) is 5.82 Å². The molecule has 0 aromatic heterocycles. The van der Waals surface area contributed by atoms with Crippen LogP contribution >= 0.6 is 0 Å². The van der Waals surface area contributed by atoms with Crippen molar-refractivity contribution in [2.45, 2.75) is 13.5 Å². The van der Waals surface area contributed by atoms with Crippen LogP contribution in [0.1, 0.15) is 22.8 Å². The zero-order chi connectivity index (χ0) is 15.2. The SMILES string of the molecule is CCN(C(=O)c1cccc(COC)c1)c1ccc(F)cc1. The van der Waals surface area contributed by atoms with Gasteiger partial charge in [0.1, 0.15) is 5.82 Å². The Morgan fingerprint density at radius 2 is 1.90 bits per heavy atom. The minimum absolute atomic E-state index is 0.109. The molecule has 0 saturated carbocycles. The van der Waals surface area contributed by atoms with Gasteiger partial charge in [-0.3, -0.25) is 4.79 Å². The van der Waals surface area contributed by atoms with Gasteiger partial charge in [-0.2, -0.15) is 0 Å². The third-order valence-electron chi connectivity index (χ3n) is 3.18. The number of halogens is 1. The maximum absolute atomic E-state index is 13.0. The van der Waals surface area contributed by atoms with E-state index in [9.17, 15) is 9.18 Å². The summed E-state index contributed by atoms with van der Waals surface area (Å²) in [6.45, 7) is 2.86. The summed E-state index contributed by atoms with van der Waals surface area (Å²) in [6.07, 6.45) is 0. The lowest BCUT2D eigenvalue weighted by atomic mass is 10.1. The van der Waals surface area contributed by atoms with Crippen LogP contribution in [0.2, 0.25) is 0 Å². The molecular formula is C17H18FNO2. The van der Waals surface area contributed by atoms with E-state index < -0.39 is 0 Å². The lowest BCUT2D eigenvalue weighted by molar-refractivity contribution is 0.0988. The quantitative estimate of drug-likeness (QED) is 0.840. The third kappa shape index (κ3) is 3.67. The van der Waals surface area contributed by atoms with Crippen molar-refractivity contribution in [3.05, 3.63) is 65.5 Å². The van der Waals surface area contributed by atoms with E-state index in [1.807, 2.05) is 25.1 Å². The van der Waals surface area contributed by atoms with Crippen LogP contribution in [0.25, 0.3) is 0 Å². The van der Waals surface area contributed by atoms with E-state index in [4.69, 9.17) is 4.74 Å². The van der Waals surface area contributed by atoms with Gasteiger partial charge in [-0.1, -0.05) is 12.1 Å². The molecule has 0 radical (unpaired) electrons. The molecule has 21 heavy (non-hydrogen) atoms. The molecule has 0 atom stereocenters. The van der Waals surface area contributed by atoms with Crippen molar-refractivity contribution < 1.29 is 13.9 Å². The number of carbonyl (C=O) groups is 1. The van der Waals surface area contributed by atoms with Gasteiger partial charge in [-0.15, -0.1) is 0 Å². The Bertz CT molecular complexity index is 610. The molecule has 3 nitrogen and oxygen atoms in total. The highest BCUT2D eigenvalue weighted by atomic mass is 19.1. The largest absolute Gasteiger partial charge is 0.380 e. The maximum atomic E-state index is 13.0. The number of ether oxygens (including phenoxy) is 1. The minimum Gasteiger partial charge on any atom is -0.380 e. The van der Waals surface area contributed by atoms with Crippen LogP contribution in [-0.2, 0) is 11.3 Å². The number of hydrogen-bond acceptors (Lipinski definition) is 2. The van der Waals surface area contributed by atoms with E-state index in [0.29, 0.717) is 24.4 Å². The van der Waals surface area contributed by atoms with Crippen molar-refractivity contribution in [1.82, 2.24) is 0 Å². The monoisotopic (exact) mass is 287 g/mol. The number of benzene rings is 2. The second-order valence-corrected chi connectivity index (χ2v) is 4.66. The van der Waals surface area contributed by atoms with Gasteiger partial charge in [0.2, 0.25) is 0 Å². The van der Waals surface area contributed by atoms with Crippen LogP contribution in [0.3, 0.4) is 0 Å². The normalized spacial score (nSPS) is 10.4. The molecule has 0 aliphatic carbocycles. The Morgan fingerprint density at radius 1 is 1.19 bits per heavy atom. The Labute approximate surface area is 124 Å². The standard InChI is InChI=1S/C17H18FNO2/c1-3-19(16-9-7-15(18)8-10-16)17(20)14-6-4-5-13(11-14)12-21-2/h4-11H,3,12H2,1-2H3. The number of methoxy groups -OCH3 is 1. The van der Waals surface area contributed by atoms with Crippen LogP contribution < -0.4 is 4.90 Å². The van der Waals surface area contributed by atoms with E-state index in [1.54, 1.807) is 30.2 Å². The lowest BCUT2D eigenvalue weighted by Gasteiger charge is -2.21. The van der Waals surface area contributed by atoms with Gasteiger partial charge in [0.25, 0.3) is 5.91 Å². The zero-order valence-electron chi connectivity index (χ0n) is 12.2. The minimum atomic E-state index is -0.315. The van der Waals surface area contributed by atoms with E-state index in [0.717, 1.165) is 5.56 Å². The van der Waals surface area contributed by atoms with Crippen molar-refractivity contribution in [2.75, 3.05) is 18.6 Å². The average Bonchev–Trinajstić information content (AvgIpc) is 2.50. The Morgan fingerprint density at radius 3 is 2.52 bits per heavy atom. The fourth-order valence-corrected chi connectivity index (χ4v) is 2.18. The summed E-state index contributed by atoms with van der Waals surface area (Å²) in [7, 11) is 1.62. The van der Waals surface area contributed by atoms with Gasteiger partial charge in [0, 0.05) is 24.9 Å². The summed E-state index contributed by atoms with van der Waals surface area (Å²) in [5, 5.41) is 0. The summed E-state index contributed by atoms with van der Waals surface area (Å²) in [4.78, 5) is 14.2. The number of anilines is 1. The first kappa shape index (κ1) is 15.2. The Balaban J connectivity index is 2.27. The van der Waals surface area contributed by atoms with Gasteiger partial charge in [-0.05, 0) is 48.9 Å². The molecule has 0 saturated heterocycles. The second-order valence-electron chi connectivity index (χ2n) is 4.66. The molecule has 2 aromatic carbocycles. The maximum Gasteiger partial charge on any atom is 0.258 e. The first-order valence-corrected chi connectivity index (χ1v) is 6.81. The van der Waals surface area contributed by atoms with Gasteiger partial charge in [0.15, 0.2) is 0 Å². The number of nitrogens with zero attached hydrogens (tertiary/aromatic N) is 1. The molecule has 110 valence electrons. The van der Waals surface area contributed by atoms with Gasteiger partial charge >= 0.3 is 0 Å². The fraction of sp³-hybridized carbons (Fsp3) is 0.235. The van der Waals surface area contributed by atoms with Crippen molar-refractivity contribution >= 4 is 11.6 Å². The highest BCUT2D eigenvalue weighted by molar-refractivity contribution is 6.06. The van der Waals surface area contributed by atoms with Crippen LogP contribution in [0.4, 0.5) is 10.1 Å². The molecule has 4 heteroatoms. The number of carbonyl (C=O) groups excluding carboxylic acids is 1. The summed E-state index contributed by atoms with van der Waals surface area (Å²) in [5.41, 5.74) is 2.22. The molecule has 0 heterocycles. The zero-order valence-corrected chi connectivity index (χ0v) is 12.2. The van der Waals surface area contributed by atoms with Crippen molar-refractivity contribution in [3.8, 4) is 0 Å². The summed E-state index contributed by atoms with van der Waals surface area (Å²) in [5.74, 6) is -0.425. The second kappa shape index (κ2) is 6.99. The van der Waals surface area contributed by atoms with E-state index in [-0.39, 0.29) is 11.7 Å². The lowest BCUT2D eigenvalue weighted by Crippen LogP contribution is -2.30. The molecule has 2 rings (SSSR count). The van der Waals surface area contributed by atoms with Crippen molar-refractivity contribution in [3.63, 3.8) is 0 Å². The summed E-state index contributed by atoms with van der Waals surface area (Å²) >= 11 is 0. The first-order chi connectivity index (χ1) is 10.2. The number of hydrogen-bond donors (Lipinski definition) is 0. The van der Waals surface area contributed by atoms with Crippen molar-refractivity contribution in [1.29, 1.82) is 0 Å². The Kier molecular flexibility index (Phi) is 5.06. The van der Waals surface area contributed by atoms with Gasteiger partial charge in [0.05, 0.1) is 6.61 Å². The Hall–Kier alpha value is -2.20. The topological polar surface area (TPSA) is 29.5 Å². The predicted molar refractivity (Wildman–Crippen MR) is 80.9 cm³/mol. The van der Waals surface area contributed by atoms with E-state index in [2.05, 4.69) is 0 Å². The van der Waals surface area contributed by atoms with Gasteiger partial charge in [-0.25, -0.2) is 4.39 Å². The molecule has 0 aliphatic rings. The number of rotatable bonds is 5. The first-order valence-electron chi connectivity index (χ1n) is 6.81. The summed E-state index contributed by atoms with van der Waals surface area (Å²) < 4.78 is 18.1. The number of amides is 1. The molecule has 0 fully saturated rings. The highest BCUT2D eigenvalue weighted by Gasteiger charge is 2.16. The van der Waals surface area contributed by atoms with Crippen LogP contribution in [-0.4, -0.2) is 19.6 Å².